The number of hydrogen-bond donors (Lipinski definition) is 2. The molecule has 92 valence electrons. The van der Waals surface area contributed by atoms with Gasteiger partial charge in [0.05, 0.1) is 10.1 Å². The van der Waals surface area contributed by atoms with E-state index in [4.69, 9.17) is 0 Å². The Hall–Kier alpha value is -0.540. The van der Waals surface area contributed by atoms with Crippen LogP contribution in [0.5, 0.6) is 5.75 Å². The number of aryl methyl sites for hydroxylation is 1. The zero-order chi connectivity index (χ0) is 12.0. The molecule has 1 fully saturated rings. The Bertz CT molecular complexity index is 464. The molecule has 0 aromatic heterocycles. The molecule has 1 aromatic rings. The van der Waals surface area contributed by atoms with E-state index in [9.17, 15) is 10.2 Å². The minimum absolute atomic E-state index is 0.339. The summed E-state index contributed by atoms with van der Waals surface area (Å²) in [6.45, 7) is 0. The topological polar surface area (TPSA) is 40.5 Å². The molecular formula is C14H17BrO2. The third-order valence-electron chi connectivity index (χ3n) is 4.02. The molecule has 0 radical (unpaired) electrons. The molecule has 3 heteroatoms. The van der Waals surface area contributed by atoms with E-state index >= 15 is 0 Å². The lowest BCUT2D eigenvalue weighted by Crippen LogP contribution is -2.15. The molecule has 2 aliphatic carbocycles. The van der Waals surface area contributed by atoms with Gasteiger partial charge in [-0.05, 0) is 71.6 Å². The Morgan fingerprint density at radius 3 is 2.65 bits per heavy atom. The molecule has 17 heavy (non-hydrogen) atoms. The number of phenolic OH excluding ortho intramolecular Hbond substituents is 1. The number of halogens is 1. The van der Waals surface area contributed by atoms with Gasteiger partial charge in [0, 0.05) is 12.0 Å². The molecule has 0 bridgehead atoms. The fraction of sp³-hybridized carbons (Fsp3) is 0.571. The second-order valence-electron chi connectivity index (χ2n) is 5.43. The van der Waals surface area contributed by atoms with Crippen molar-refractivity contribution in [2.75, 3.05) is 0 Å². The monoisotopic (exact) mass is 296 g/mol. The molecule has 1 saturated carbocycles. The standard InChI is InChI=1S/C14H17BrO2/c15-12-7-9-3-1-2-4-10(9)11(13(12)16)8-14(17)5-6-14/h7,16-17H,1-6,8H2. The van der Waals surface area contributed by atoms with Crippen LogP contribution in [-0.2, 0) is 19.3 Å². The lowest BCUT2D eigenvalue weighted by molar-refractivity contribution is 0.149. The van der Waals surface area contributed by atoms with Crippen LogP contribution in [0.4, 0.5) is 0 Å². The summed E-state index contributed by atoms with van der Waals surface area (Å²) in [6.07, 6.45) is 6.91. The number of aliphatic hydroxyl groups is 1. The Morgan fingerprint density at radius 2 is 1.94 bits per heavy atom. The van der Waals surface area contributed by atoms with E-state index in [1.807, 2.05) is 6.07 Å². The molecule has 3 rings (SSSR count). The summed E-state index contributed by atoms with van der Waals surface area (Å²) in [7, 11) is 0. The van der Waals surface area contributed by atoms with Gasteiger partial charge >= 0.3 is 0 Å². The number of fused-ring (bicyclic) bond motifs is 1. The average molecular weight is 297 g/mol. The highest BCUT2D eigenvalue weighted by atomic mass is 79.9. The Labute approximate surface area is 110 Å². The summed E-state index contributed by atoms with van der Waals surface area (Å²) in [5.74, 6) is 0.339. The molecular weight excluding hydrogens is 280 g/mol. The highest BCUT2D eigenvalue weighted by molar-refractivity contribution is 9.10. The van der Waals surface area contributed by atoms with Crippen LogP contribution >= 0.6 is 15.9 Å². The first-order chi connectivity index (χ1) is 8.09. The number of hydrogen-bond acceptors (Lipinski definition) is 2. The van der Waals surface area contributed by atoms with Gasteiger partial charge in [-0.1, -0.05) is 0 Å². The zero-order valence-corrected chi connectivity index (χ0v) is 11.4. The highest BCUT2D eigenvalue weighted by Crippen LogP contribution is 2.44. The lowest BCUT2D eigenvalue weighted by atomic mass is 9.85. The van der Waals surface area contributed by atoms with Crippen molar-refractivity contribution in [3.63, 3.8) is 0 Å². The van der Waals surface area contributed by atoms with Gasteiger partial charge in [-0.25, -0.2) is 0 Å². The highest BCUT2D eigenvalue weighted by Gasteiger charge is 2.41. The minimum atomic E-state index is -0.538. The minimum Gasteiger partial charge on any atom is -0.506 e. The molecule has 0 aliphatic heterocycles. The van der Waals surface area contributed by atoms with Crippen molar-refractivity contribution in [1.29, 1.82) is 0 Å². The van der Waals surface area contributed by atoms with E-state index in [-0.39, 0.29) is 0 Å². The van der Waals surface area contributed by atoms with E-state index in [0.29, 0.717) is 12.2 Å². The van der Waals surface area contributed by atoms with Crippen LogP contribution in [0.3, 0.4) is 0 Å². The van der Waals surface area contributed by atoms with E-state index in [1.165, 1.54) is 24.0 Å². The molecule has 0 amide bonds. The van der Waals surface area contributed by atoms with Gasteiger partial charge in [-0.2, -0.15) is 0 Å². The molecule has 1 aromatic carbocycles. The summed E-state index contributed by atoms with van der Waals surface area (Å²) in [5, 5.41) is 20.3. The number of phenols is 1. The van der Waals surface area contributed by atoms with E-state index < -0.39 is 5.60 Å². The number of rotatable bonds is 2. The van der Waals surface area contributed by atoms with Crippen molar-refractivity contribution < 1.29 is 10.2 Å². The SMILES string of the molecule is Oc1c(Br)cc2c(c1CC1(O)CC1)CCCC2. The Balaban J connectivity index is 2.06. The third kappa shape index (κ3) is 2.11. The second kappa shape index (κ2) is 3.99. The molecule has 0 saturated heterocycles. The molecule has 0 heterocycles. The fourth-order valence-electron chi connectivity index (χ4n) is 2.78. The van der Waals surface area contributed by atoms with Gasteiger partial charge in [0.15, 0.2) is 0 Å². The summed E-state index contributed by atoms with van der Waals surface area (Å²) in [4.78, 5) is 0. The summed E-state index contributed by atoms with van der Waals surface area (Å²) < 4.78 is 0.775. The van der Waals surface area contributed by atoms with Crippen molar-refractivity contribution in [3.05, 3.63) is 27.2 Å². The van der Waals surface area contributed by atoms with E-state index in [0.717, 1.165) is 35.7 Å². The summed E-state index contributed by atoms with van der Waals surface area (Å²) in [5.41, 5.74) is 3.08. The van der Waals surface area contributed by atoms with Crippen LogP contribution in [0.1, 0.15) is 42.4 Å². The van der Waals surface area contributed by atoms with Crippen molar-refractivity contribution in [2.24, 2.45) is 0 Å². The van der Waals surface area contributed by atoms with Crippen LogP contribution in [0.2, 0.25) is 0 Å². The molecule has 2 N–H and O–H groups in total. The van der Waals surface area contributed by atoms with Gasteiger partial charge in [-0.15, -0.1) is 0 Å². The van der Waals surface area contributed by atoms with Gasteiger partial charge in [0.2, 0.25) is 0 Å². The maximum atomic E-state index is 10.2. The summed E-state index contributed by atoms with van der Waals surface area (Å²) >= 11 is 3.42. The maximum Gasteiger partial charge on any atom is 0.133 e. The maximum absolute atomic E-state index is 10.2. The molecule has 0 spiro atoms. The molecule has 2 nitrogen and oxygen atoms in total. The van der Waals surface area contributed by atoms with Gasteiger partial charge in [-0.3, -0.25) is 0 Å². The van der Waals surface area contributed by atoms with Crippen molar-refractivity contribution in [1.82, 2.24) is 0 Å². The predicted octanol–water partition coefficient (Wildman–Crippen LogP) is 3.10. The van der Waals surface area contributed by atoms with Gasteiger partial charge in [0.1, 0.15) is 5.75 Å². The van der Waals surface area contributed by atoms with E-state index in [1.54, 1.807) is 0 Å². The third-order valence-corrected chi connectivity index (χ3v) is 4.63. The first-order valence-electron chi connectivity index (χ1n) is 6.33. The van der Waals surface area contributed by atoms with Crippen molar-refractivity contribution >= 4 is 15.9 Å². The fourth-order valence-corrected chi connectivity index (χ4v) is 3.30. The van der Waals surface area contributed by atoms with Crippen LogP contribution in [-0.4, -0.2) is 15.8 Å². The number of aromatic hydroxyl groups is 1. The van der Waals surface area contributed by atoms with Crippen LogP contribution in [0.15, 0.2) is 10.5 Å². The van der Waals surface area contributed by atoms with Gasteiger partial charge < -0.3 is 10.2 Å². The lowest BCUT2D eigenvalue weighted by Gasteiger charge is -2.22. The van der Waals surface area contributed by atoms with Crippen molar-refractivity contribution in [3.8, 4) is 5.75 Å². The Kier molecular flexibility index (Phi) is 2.71. The van der Waals surface area contributed by atoms with Crippen LogP contribution in [0.25, 0.3) is 0 Å². The largest absolute Gasteiger partial charge is 0.506 e. The Morgan fingerprint density at radius 1 is 1.24 bits per heavy atom. The van der Waals surface area contributed by atoms with Gasteiger partial charge in [0.25, 0.3) is 0 Å². The normalized spacial score (nSPS) is 21.1. The van der Waals surface area contributed by atoms with Crippen molar-refractivity contribution in [2.45, 2.75) is 50.5 Å². The molecule has 0 atom stereocenters. The summed E-state index contributed by atoms with van der Waals surface area (Å²) in [6, 6.07) is 2.05. The first kappa shape index (κ1) is 11.5. The quantitative estimate of drug-likeness (QED) is 0.880. The average Bonchev–Trinajstić information content (AvgIpc) is 3.03. The molecule has 2 aliphatic rings. The molecule has 0 unspecified atom stereocenters. The first-order valence-corrected chi connectivity index (χ1v) is 7.13. The zero-order valence-electron chi connectivity index (χ0n) is 9.80. The smallest absolute Gasteiger partial charge is 0.133 e. The predicted molar refractivity (Wildman–Crippen MR) is 70.3 cm³/mol. The van der Waals surface area contributed by atoms with Crippen LogP contribution in [0, 0.1) is 0 Å². The van der Waals surface area contributed by atoms with Crippen LogP contribution < -0.4 is 0 Å². The second-order valence-corrected chi connectivity index (χ2v) is 6.29. The number of benzene rings is 1. The van der Waals surface area contributed by atoms with E-state index in [2.05, 4.69) is 15.9 Å².